The molecule has 1 heterocycles. The predicted molar refractivity (Wildman–Crippen MR) is 86.7 cm³/mol. The number of hydrogen-bond donors (Lipinski definition) is 1. The molecule has 0 spiro atoms. The van der Waals surface area contributed by atoms with Crippen molar-refractivity contribution in [2.24, 2.45) is 0 Å². The zero-order valence-corrected chi connectivity index (χ0v) is 14.0. The topological polar surface area (TPSA) is 43.4 Å². The van der Waals surface area contributed by atoms with E-state index in [4.69, 9.17) is 9.47 Å². The molecule has 2 rings (SSSR count). The molecule has 0 bridgehead atoms. The largest absolute Gasteiger partial charge is 0.497 e. The minimum atomic E-state index is 0.148. The van der Waals surface area contributed by atoms with Gasteiger partial charge in [-0.15, -0.1) is 0 Å². The lowest BCUT2D eigenvalue weighted by Gasteiger charge is -2.16. The second-order valence-corrected chi connectivity index (χ2v) is 5.48. The summed E-state index contributed by atoms with van der Waals surface area (Å²) in [6.07, 6.45) is 0. The number of benzene rings is 1. The maximum Gasteiger partial charge on any atom is 0.127 e. The smallest absolute Gasteiger partial charge is 0.127 e. The molecule has 21 heavy (non-hydrogen) atoms. The predicted octanol–water partition coefficient (Wildman–Crippen LogP) is 3.71. The van der Waals surface area contributed by atoms with Crippen LogP contribution in [0.2, 0.25) is 0 Å². The van der Waals surface area contributed by atoms with E-state index in [1.165, 1.54) is 0 Å². The van der Waals surface area contributed by atoms with Crippen molar-refractivity contribution >= 4 is 15.9 Å². The summed E-state index contributed by atoms with van der Waals surface area (Å²) in [5.41, 5.74) is 2.08. The Balaban J connectivity index is 2.05. The van der Waals surface area contributed by atoms with Gasteiger partial charge < -0.3 is 14.8 Å². The van der Waals surface area contributed by atoms with Gasteiger partial charge in [-0.3, -0.25) is 0 Å². The molecule has 4 nitrogen and oxygen atoms in total. The Labute approximate surface area is 133 Å². The van der Waals surface area contributed by atoms with Crippen molar-refractivity contribution in [3.63, 3.8) is 0 Å². The summed E-state index contributed by atoms with van der Waals surface area (Å²) in [6.45, 7) is 2.79. The molecule has 0 saturated carbocycles. The number of halogens is 1. The molecule has 2 aromatic rings. The molecule has 0 fully saturated rings. The molecule has 112 valence electrons. The van der Waals surface area contributed by atoms with Crippen LogP contribution in [0.3, 0.4) is 0 Å². The fourth-order valence-corrected chi connectivity index (χ4v) is 2.39. The van der Waals surface area contributed by atoms with Gasteiger partial charge in [-0.2, -0.15) is 0 Å². The number of pyridine rings is 1. The summed E-state index contributed by atoms with van der Waals surface area (Å²) in [5, 5.41) is 3.45. The first-order valence-electron chi connectivity index (χ1n) is 6.70. The molecular weight excluding hydrogens is 332 g/mol. The number of hydrogen-bond acceptors (Lipinski definition) is 4. The minimum absolute atomic E-state index is 0.148. The molecule has 1 atom stereocenters. The van der Waals surface area contributed by atoms with Crippen molar-refractivity contribution < 1.29 is 9.47 Å². The molecule has 1 unspecified atom stereocenters. The molecule has 0 saturated heterocycles. The van der Waals surface area contributed by atoms with E-state index < -0.39 is 0 Å². The summed E-state index contributed by atoms with van der Waals surface area (Å²) in [7, 11) is 3.31. The van der Waals surface area contributed by atoms with Crippen LogP contribution in [0.15, 0.2) is 41.0 Å². The van der Waals surface area contributed by atoms with Crippen molar-refractivity contribution in [2.45, 2.75) is 19.5 Å². The summed E-state index contributed by atoms with van der Waals surface area (Å²) in [5.74, 6) is 1.61. The van der Waals surface area contributed by atoms with Crippen molar-refractivity contribution in [3.8, 4) is 11.5 Å². The molecule has 0 aliphatic carbocycles. The number of rotatable bonds is 6. The quantitative estimate of drug-likeness (QED) is 0.806. The fraction of sp³-hybridized carbons (Fsp3) is 0.312. The van der Waals surface area contributed by atoms with Gasteiger partial charge in [0, 0.05) is 24.2 Å². The van der Waals surface area contributed by atoms with E-state index in [9.17, 15) is 0 Å². The van der Waals surface area contributed by atoms with Gasteiger partial charge in [0.1, 0.15) is 16.1 Å². The van der Waals surface area contributed by atoms with E-state index >= 15 is 0 Å². The highest BCUT2D eigenvalue weighted by Gasteiger charge is 2.09. The highest BCUT2D eigenvalue weighted by Crippen LogP contribution is 2.25. The number of methoxy groups -OCH3 is 2. The lowest BCUT2D eigenvalue weighted by Crippen LogP contribution is -2.19. The normalized spacial score (nSPS) is 12.0. The average Bonchev–Trinajstić information content (AvgIpc) is 2.52. The molecule has 1 aromatic heterocycles. The van der Waals surface area contributed by atoms with E-state index in [1.54, 1.807) is 14.2 Å². The van der Waals surface area contributed by atoms with Gasteiger partial charge in [0.2, 0.25) is 0 Å². The Morgan fingerprint density at radius 2 is 2.00 bits per heavy atom. The van der Waals surface area contributed by atoms with Crippen LogP contribution >= 0.6 is 15.9 Å². The Kier molecular flexibility index (Phi) is 5.59. The summed E-state index contributed by atoms with van der Waals surface area (Å²) >= 11 is 3.39. The van der Waals surface area contributed by atoms with Crippen LogP contribution in [0.1, 0.15) is 24.2 Å². The molecule has 0 radical (unpaired) electrons. The monoisotopic (exact) mass is 350 g/mol. The third-order valence-electron chi connectivity index (χ3n) is 3.27. The molecule has 1 N–H and O–H groups in total. The Morgan fingerprint density at radius 1 is 1.19 bits per heavy atom. The van der Waals surface area contributed by atoms with Crippen molar-refractivity contribution in [1.29, 1.82) is 0 Å². The summed E-state index contributed by atoms with van der Waals surface area (Å²) in [6, 6.07) is 11.9. The highest BCUT2D eigenvalue weighted by atomic mass is 79.9. The first-order valence-corrected chi connectivity index (χ1v) is 7.50. The third-order valence-corrected chi connectivity index (χ3v) is 3.71. The van der Waals surface area contributed by atoms with Crippen molar-refractivity contribution in [1.82, 2.24) is 10.3 Å². The average molecular weight is 351 g/mol. The summed E-state index contributed by atoms with van der Waals surface area (Å²) in [4.78, 5) is 4.46. The van der Waals surface area contributed by atoms with E-state index in [1.807, 2.05) is 36.4 Å². The maximum absolute atomic E-state index is 5.40. The number of nitrogens with zero attached hydrogens (tertiary/aromatic N) is 1. The van der Waals surface area contributed by atoms with Gasteiger partial charge in [-0.25, -0.2) is 4.98 Å². The first-order chi connectivity index (χ1) is 10.1. The standard InChI is InChI=1S/C16H19BrN2O2/c1-11(14-5-4-6-16(17)19-14)18-10-12-7-8-13(20-2)9-15(12)21-3/h4-9,11,18H,10H2,1-3H3. The van der Waals surface area contributed by atoms with Gasteiger partial charge >= 0.3 is 0 Å². The van der Waals surface area contributed by atoms with Crippen LogP contribution in [-0.2, 0) is 6.54 Å². The van der Waals surface area contributed by atoms with E-state index in [2.05, 4.69) is 33.2 Å². The second-order valence-electron chi connectivity index (χ2n) is 4.67. The Morgan fingerprint density at radius 3 is 2.67 bits per heavy atom. The van der Waals surface area contributed by atoms with Crippen LogP contribution in [0.4, 0.5) is 0 Å². The molecule has 0 aliphatic heterocycles. The van der Waals surface area contributed by atoms with Crippen molar-refractivity contribution in [2.75, 3.05) is 14.2 Å². The second kappa shape index (κ2) is 7.43. The van der Waals surface area contributed by atoms with E-state index in [-0.39, 0.29) is 6.04 Å². The zero-order chi connectivity index (χ0) is 15.2. The van der Waals surface area contributed by atoms with Gasteiger partial charge in [-0.05, 0) is 41.1 Å². The Hall–Kier alpha value is -1.59. The lowest BCUT2D eigenvalue weighted by atomic mass is 10.1. The van der Waals surface area contributed by atoms with E-state index in [0.717, 1.165) is 27.4 Å². The van der Waals surface area contributed by atoms with Crippen LogP contribution in [-0.4, -0.2) is 19.2 Å². The first kappa shape index (κ1) is 15.8. The van der Waals surface area contributed by atoms with Crippen LogP contribution in [0.25, 0.3) is 0 Å². The van der Waals surface area contributed by atoms with E-state index in [0.29, 0.717) is 6.54 Å². The van der Waals surface area contributed by atoms with Crippen LogP contribution < -0.4 is 14.8 Å². The molecule has 5 heteroatoms. The number of aromatic nitrogens is 1. The highest BCUT2D eigenvalue weighted by molar-refractivity contribution is 9.10. The molecule has 0 aliphatic rings. The fourth-order valence-electron chi connectivity index (χ4n) is 2.03. The maximum atomic E-state index is 5.40. The molecule has 0 amide bonds. The van der Waals surface area contributed by atoms with Gasteiger partial charge in [0.25, 0.3) is 0 Å². The summed E-state index contributed by atoms with van der Waals surface area (Å²) < 4.78 is 11.4. The van der Waals surface area contributed by atoms with Crippen LogP contribution in [0.5, 0.6) is 11.5 Å². The minimum Gasteiger partial charge on any atom is -0.497 e. The molecule has 1 aromatic carbocycles. The third kappa shape index (κ3) is 4.19. The van der Waals surface area contributed by atoms with Gasteiger partial charge in [0.15, 0.2) is 0 Å². The number of nitrogens with one attached hydrogen (secondary N) is 1. The SMILES string of the molecule is COc1ccc(CNC(C)c2cccc(Br)n2)c(OC)c1. The van der Waals surface area contributed by atoms with Crippen molar-refractivity contribution in [3.05, 3.63) is 52.3 Å². The lowest BCUT2D eigenvalue weighted by molar-refractivity contribution is 0.388. The Bertz CT molecular complexity index is 605. The van der Waals surface area contributed by atoms with Crippen LogP contribution in [0, 0.1) is 0 Å². The molecular formula is C16H19BrN2O2. The van der Waals surface area contributed by atoms with Gasteiger partial charge in [0.05, 0.1) is 19.9 Å². The zero-order valence-electron chi connectivity index (χ0n) is 12.4. The van der Waals surface area contributed by atoms with Gasteiger partial charge in [-0.1, -0.05) is 12.1 Å². The number of ether oxygens (including phenoxy) is 2.